The molecule has 0 fully saturated rings. The van der Waals surface area contributed by atoms with E-state index in [2.05, 4.69) is 31.9 Å². The highest BCUT2D eigenvalue weighted by Gasteiger charge is 2.19. The lowest BCUT2D eigenvalue weighted by Gasteiger charge is -2.08. The van der Waals surface area contributed by atoms with Crippen molar-refractivity contribution < 1.29 is 9.90 Å². The van der Waals surface area contributed by atoms with Crippen LogP contribution in [-0.2, 0) is 4.79 Å². The van der Waals surface area contributed by atoms with Crippen LogP contribution in [0.1, 0.15) is 0 Å². The van der Waals surface area contributed by atoms with Crippen molar-refractivity contribution in [2.45, 2.75) is 9.65 Å². The van der Waals surface area contributed by atoms with E-state index in [0.29, 0.717) is 0 Å². The van der Waals surface area contributed by atoms with Crippen LogP contribution < -0.4 is 5.73 Å². The Labute approximate surface area is 69.9 Å². The molecule has 0 aliphatic heterocycles. The van der Waals surface area contributed by atoms with Gasteiger partial charge in [0.05, 0.1) is 11.4 Å². The lowest BCUT2D eigenvalue weighted by molar-refractivity contribution is -0.117. The molecule has 54 valence electrons. The number of amides is 1. The van der Waals surface area contributed by atoms with Crippen molar-refractivity contribution in [1.82, 2.24) is 0 Å². The summed E-state index contributed by atoms with van der Waals surface area (Å²) in [4.78, 5) is 9.54. The van der Waals surface area contributed by atoms with E-state index in [1.807, 2.05) is 0 Å². The van der Waals surface area contributed by atoms with Gasteiger partial charge in [-0.2, -0.15) is 0 Å². The first-order valence-corrected chi connectivity index (χ1v) is 4.11. The second-order valence-corrected chi connectivity index (χ2v) is 3.67. The summed E-state index contributed by atoms with van der Waals surface area (Å²) < 4.78 is 0. The van der Waals surface area contributed by atoms with Crippen molar-refractivity contribution in [3.05, 3.63) is 0 Å². The van der Waals surface area contributed by atoms with Crippen molar-refractivity contribution in [2.24, 2.45) is 5.73 Å². The van der Waals surface area contributed by atoms with Crippen molar-refractivity contribution in [1.29, 1.82) is 0 Å². The number of aliphatic hydroxyl groups excluding tert-OH is 1. The molecule has 5 heteroatoms. The maximum atomic E-state index is 10.3. The van der Waals surface area contributed by atoms with Crippen LogP contribution in [0.2, 0.25) is 0 Å². The van der Waals surface area contributed by atoms with Gasteiger partial charge in [-0.05, 0) is 0 Å². The van der Waals surface area contributed by atoms with Gasteiger partial charge >= 0.3 is 0 Å². The largest absolute Gasteiger partial charge is 0.395 e. The van der Waals surface area contributed by atoms with Crippen molar-refractivity contribution in [2.75, 3.05) is 6.61 Å². The van der Waals surface area contributed by atoms with Crippen LogP contribution in [0.5, 0.6) is 0 Å². The highest BCUT2D eigenvalue weighted by molar-refractivity contribution is 9.12. The number of halogens is 2. The number of primary amides is 1. The Morgan fingerprint density at radius 3 is 2.22 bits per heavy atom. The second-order valence-electron chi connectivity index (χ2n) is 1.50. The summed E-state index contributed by atoms with van der Waals surface area (Å²) in [6, 6.07) is 0. The van der Waals surface area contributed by atoms with Gasteiger partial charge < -0.3 is 10.8 Å². The van der Waals surface area contributed by atoms with E-state index in [9.17, 15) is 4.79 Å². The van der Waals surface area contributed by atoms with Gasteiger partial charge in [-0.25, -0.2) is 0 Å². The molecule has 1 amide bonds. The molecule has 0 heterocycles. The summed E-state index contributed by atoms with van der Waals surface area (Å²) in [6.45, 7) is -0.112. The Morgan fingerprint density at radius 2 is 2.11 bits per heavy atom. The molecule has 0 aliphatic rings. The van der Waals surface area contributed by atoms with E-state index in [1.54, 1.807) is 0 Å². The molecule has 0 aromatic heterocycles. The number of rotatable bonds is 3. The number of carbonyl (C=O) groups is 1. The average molecular weight is 261 g/mol. The first-order chi connectivity index (χ1) is 4.09. The molecule has 0 aromatic carbocycles. The minimum Gasteiger partial charge on any atom is -0.395 e. The third kappa shape index (κ3) is 3.17. The molecular formula is C4H7Br2NO2. The Balaban J connectivity index is 3.72. The van der Waals surface area contributed by atoms with Gasteiger partial charge in [-0.15, -0.1) is 0 Å². The molecule has 0 saturated carbocycles. The molecule has 0 bridgehead atoms. The fraction of sp³-hybridized carbons (Fsp3) is 0.750. The highest BCUT2D eigenvalue weighted by atomic mass is 79.9. The van der Waals surface area contributed by atoms with E-state index in [-0.39, 0.29) is 11.4 Å². The smallest absolute Gasteiger partial charge is 0.232 e. The molecule has 3 N–H and O–H groups in total. The molecule has 0 unspecified atom stereocenters. The average Bonchev–Trinajstić information content (AvgIpc) is 1.84. The summed E-state index contributed by atoms with van der Waals surface area (Å²) in [5, 5.41) is 8.47. The summed E-state index contributed by atoms with van der Waals surface area (Å²) in [6.07, 6.45) is 0. The molecule has 9 heavy (non-hydrogen) atoms. The normalized spacial score (nSPS) is 16.8. The fourth-order valence-electron chi connectivity index (χ4n) is 0.271. The van der Waals surface area contributed by atoms with Crippen molar-refractivity contribution in [3.8, 4) is 0 Å². The van der Waals surface area contributed by atoms with Gasteiger partial charge in [0.1, 0.15) is 4.83 Å². The summed E-state index contributed by atoms with van der Waals surface area (Å²) in [5.74, 6) is -0.481. The highest BCUT2D eigenvalue weighted by Crippen LogP contribution is 2.12. The zero-order valence-corrected chi connectivity index (χ0v) is 7.72. The van der Waals surface area contributed by atoms with Crippen LogP contribution in [0.3, 0.4) is 0 Å². The second kappa shape index (κ2) is 4.24. The van der Waals surface area contributed by atoms with Crippen molar-refractivity contribution >= 4 is 37.8 Å². The van der Waals surface area contributed by atoms with Crippen LogP contribution in [0.15, 0.2) is 0 Å². The number of hydrogen-bond donors (Lipinski definition) is 2. The monoisotopic (exact) mass is 259 g/mol. The minimum atomic E-state index is -0.498. The Hall–Kier alpha value is 0.390. The molecule has 0 aliphatic carbocycles. The molecule has 0 rings (SSSR count). The molecule has 0 spiro atoms. The summed E-state index contributed by atoms with van der Waals surface area (Å²) in [5.41, 5.74) is 4.89. The van der Waals surface area contributed by atoms with E-state index in [1.165, 1.54) is 0 Å². The first kappa shape index (κ1) is 9.39. The topological polar surface area (TPSA) is 63.3 Å². The number of nitrogens with two attached hydrogens (primary N) is 1. The van der Waals surface area contributed by atoms with Crippen LogP contribution in [0, 0.1) is 0 Å². The van der Waals surface area contributed by atoms with Crippen LogP contribution in [-0.4, -0.2) is 27.3 Å². The van der Waals surface area contributed by atoms with E-state index >= 15 is 0 Å². The molecule has 3 nitrogen and oxygen atoms in total. The zero-order valence-electron chi connectivity index (χ0n) is 4.55. The number of aliphatic hydroxyl groups is 1. The molecule has 0 aromatic rings. The van der Waals surface area contributed by atoms with Crippen LogP contribution in [0.25, 0.3) is 0 Å². The number of hydrogen-bond acceptors (Lipinski definition) is 2. The third-order valence-electron chi connectivity index (χ3n) is 0.764. The Kier molecular flexibility index (Phi) is 4.43. The van der Waals surface area contributed by atoms with Gasteiger partial charge in [0.2, 0.25) is 5.91 Å². The zero-order chi connectivity index (χ0) is 7.44. The van der Waals surface area contributed by atoms with Gasteiger partial charge in [-0.1, -0.05) is 31.9 Å². The van der Waals surface area contributed by atoms with Gasteiger partial charge in [0, 0.05) is 0 Å². The van der Waals surface area contributed by atoms with Gasteiger partial charge in [0.25, 0.3) is 0 Å². The SMILES string of the molecule is NC(=O)[C@@H](Br)[C@H](Br)CO. The van der Waals surface area contributed by atoms with Crippen LogP contribution >= 0.6 is 31.9 Å². The van der Waals surface area contributed by atoms with E-state index in [4.69, 9.17) is 10.8 Å². The first-order valence-electron chi connectivity index (χ1n) is 2.28. The molecule has 0 radical (unpaired) electrons. The van der Waals surface area contributed by atoms with E-state index in [0.717, 1.165) is 0 Å². The molecule has 2 atom stereocenters. The summed E-state index contributed by atoms with van der Waals surface area (Å²) in [7, 11) is 0. The Morgan fingerprint density at radius 1 is 1.67 bits per heavy atom. The van der Waals surface area contributed by atoms with Crippen LogP contribution in [0.4, 0.5) is 0 Å². The lowest BCUT2D eigenvalue weighted by atomic mass is 10.3. The predicted octanol–water partition coefficient (Wildman–Crippen LogP) is -0.00900. The third-order valence-corrected chi connectivity index (χ3v) is 3.38. The molecular weight excluding hydrogens is 254 g/mol. The number of alkyl halides is 2. The predicted molar refractivity (Wildman–Crippen MR) is 41.7 cm³/mol. The standard InChI is InChI=1S/C4H7Br2NO2/c5-2(1-8)3(6)4(7)9/h2-3,8H,1H2,(H2,7,9)/t2-,3+/m1/s1. The number of carbonyl (C=O) groups excluding carboxylic acids is 1. The fourth-order valence-corrected chi connectivity index (χ4v) is 0.698. The Bertz CT molecular complexity index is 109. The molecule has 0 saturated heterocycles. The maximum Gasteiger partial charge on any atom is 0.232 e. The van der Waals surface area contributed by atoms with Gasteiger partial charge in [-0.3, -0.25) is 4.79 Å². The minimum absolute atomic E-state index is 0.112. The lowest BCUT2D eigenvalue weighted by Crippen LogP contribution is -2.32. The summed E-state index contributed by atoms with van der Waals surface area (Å²) >= 11 is 6.03. The maximum absolute atomic E-state index is 10.3. The van der Waals surface area contributed by atoms with E-state index < -0.39 is 10.7 Å². The van der Waals surface area contributed by atoms with Crippen molar-refractivity contribution in [3.63, 3.8) is 0 Å². The van der Waals surface area contributed by atoms with Gasteiger partial charge in [0.15, 0.2) is 0 Å². The quantitative estimate of drug-likeness (QED) is 0.702.